The molecule has 0 unspecified atom stereocenters. The van der Waals surface area contributed by atoms with Gasteiger partial charge in [-0.1, -0.05) is 41.6 Å². The summed E-state index contributed by atoms with van der Waals surface area (Å²) in [4.78, 5) is 40.7. The fourth-order valence-corrected chi connectivity index (χ4v) is 3.10. The highest BCUT2D eigenvalue weighted by molar-refractivity contribution is 6.02. The average Bonchev–Trinajstić information content (AvgIpc) is 3.31. The molecule has 3 aromatic rings. The topological polar surface area (TPSA) is 127 Å². The van der Waals surface area contributed by atoms with Crippen molar-refractivity contribution in [3.8, 4) is 11.4 Å². The molecule has 0 fully saturated rings. The second-order valence-electron chi connectivity index (χ2n) is 6.91. The summed E-state index contributed by atoms with van der Waals surface area (Å²) < 4.78 is 9.99. The average molecular weight is 433 g/mol. The molecule has 1 aromatic heterocycles. The van der Waals surface area contributed by atoms with Gasteiger partial charge < -0.3 is 14.6 Å². The summed E-state index contributed by atoms with van der Waals surface area (Å²) in [5, 5.41) is 11.9. The Kier molecular flexibility index (Phi) is 6.02. The van der Waals surface area contributed by atoms with Crippen LogP contribution in [-0.4, -0.2) is 52.3 Å². The molecule has 1 N–H and O–H groups in total. The maximum Gasteiger partial charge on any atom is 0.337 e. The lowest BCUT2D eigenvalue weighted by atomic mass is 10.1. The van der Waals surface area contributed by atoms with Crippen molar-refractivity contribution in [2.45, 2.75) is 12.8 Å². The van der Waals surface area contributed by atoms with Gasteiger partial charge in [0.05, 0.1) is 12.7 Å². The van der Waals surface area contributed by atoms with E-state index in [1.165, 1.54) is 13.2 Å². The van der Waals surface area contributed by atoms with E-state index >= 15 is 0 Å². The number of rotatable bonds is 6. The van der Waals surface area contributed by atoms with Gasteiger partial charge in [0.2, 0.25) is 17.6 Å². The molecule has 0 radical (unpaired) electrons. The summed E-state index contributed by atoms with van der Waals surface area (Å²) in [5.74, 6) is -0.672. The van der Waals surface area contributed by atoms with Crippen molar-refractivity contribution >= 4 is 29.2 Å². The third kappa shape index (κ3) is 4.69. The molecule has 10 nitrogen and oxygen atoms in total. The number of nitrogens with zero attached hydrogens (tertiary/aromatic N) is 4. The number of esters is 1. The maximum absolute atomic E-state index is 12.5. The molecule has 4 rings (SSSR count). The minimum absolute atomic E-state index is 0.160. The van der Waals surface area contributed by atoms with E-state index in [0.29, 0.717) is 29.2 Å². The molecule has 32 heavy (non-hydrogen) atoms. The van der Waals surface area contributed by atoms with Gasteiger partial charge in [-0.2, -0.15) is 10.1 Å². The van der Waals surface area contributed by atoms with Crippen LogP contribution in [-0.2, 0) is 14.3 Å². The summed E-state index contributed by atoms with van der Waals surface area (Å²) in [6.45, 7) is -0.301. The van der Waals surface area contributed by atoms with Crippen LogP contribution in [0.5, 0.6) is 0 Å². The molecular formula is C22H19N5O5. The van der Waals surface area contributed by atoms with Crippen LogP contribution in [0, 0.1) is 0 Å². The van der Waals surface area contributed by atoms with Gasteiger partial charge in [-0.05, 0) is 18.2 Å². The van der Waals surface area contributed by atoms with Crippen LogP contribution in [0.15, 0.2) is 64.2 Å². The quantitative estimate of drug-likeness (QED) is 0.592. The van der Waals surface area contributed by atoms with Gasteiger partial charge in [0, 0.05) is 24.1 Å². The lowest BCUT2D eigenvalue weighted by molar-refractivity contribution is -0.135. The summed E-state index contributed by atoms with van der Waals surface area (Å²) in [6, 6.07) is 15.6. The number of anilines is 1. The third-order valence-electron chi connectivity index (χ3n) is 4.67. The van der Waals surface area contributed by atoms with Gasteiger partial charge in [-0.3, -0.25) is 9.59 Å². The molecule has 0 bridgehead atoms. The molecule has 0 saturated carbocycles. The van der Waals surface area contributed by atoms with E-state index in [1.54, 1.807) is 18.2 Å². The van der Waals surface area contributed by atoms with Crippen LogP contribution < -0.4 is 5.32 Å². The molecule has 2 amide bonds. The van der Waals surface area contributed by atoms with Crippen molar-refractivity contribution in [2.24, 2.45) is 5.10 Å². The highest BCUT2D eigenvalue weighted by atomic mass is 16.5. The first kappa shape index (κ1) is 20.9. The van der Waals surface area contributed by atoms with Crippen molar-refractivity contribution in [1.82, 2.24) is 15.1 Å². The fraction of sp³-hybridized carbons (Fsp3) is 0.182. The second-order valence-corrected chi connectivity index (χ2v) is 6.91. The Morgan fingerprint density at radius 3 is 2.72 bits per heavy atom. The van der Waals surface area contributed by atoms with Crippen molar-refractivity contribution < 1.29 is 23.6 Å². The normalized spacial score (nSPS) is 13.5. The zero-order valence-electron chi connectivity index (χ0n) is 17.1. The number of amides is 2. The summed E-state index contributed by atoms with van der Waals surface area (Å²) in [5.41, 5.74) is 1.92. The molecule has 2 aromatic carbocycles. The van der Waals surface area contributed by atoms with Crippen LogP contribution in [0.25, 0.3) is 11.4 Å². The van der Waals surface area contributed by atoms with Gasteiger partial charge in [0.1, 0.15) is 12.3 Å². The van der Waals surface area contributed by atoms with Crippen LogP contribution >= 0.6 is 0 Å². The number of hydrazone groups is 1. The van der Waals surface area contributed by atoms with Crippen molar-refractivity contribution in [3.63, 3.8) is 0 Å². The van der Waals surface area contributed by atoms with Crippen LogP contribution in [0.1, 0.15) is 29.1 Å². The van der Waals surface area contributed by atoms with Gasteiger partial charge >= 0.3 is 5.97 Å². The molecule has 0 aliphatic carbocycles. The molecule has 0 spiro atoms. The third-order valence-corrected chi connectivity index (χ3v) is 4.67. The first-order chi connectivity index (χ1) is 15.5. The number of benzene rings is 2. The Morgan fingerprint density at radius 2 is 1.94 bits per heavy atom. The number of nitrogens with one attached hydrogen (secondary N) is 1. The lowest BCUT2D eigenvalue weighted by Crippen LogP contribution is -2.38. The Balaban J connectivity index is 1.46. The highest BCUT2D eigenvalue weighted by Crippen LogP contribution is 2.19. The predicted octanol–water partition coefficient (Wildman–Crippen LogP) is 2.49. The second kappa shape index (κ2) is 9.21. The minimum atomic E-state index is -0.518. The molecule has 1 aliphatic heterocycles. The zero-order valence-corrected chi connectivity index (χ0v) is 17.1. The van der Waals surface area contributed by atoms with Crippen LogP contribution in [0.2, 0.25) is 0 Å². The van der Waals surface area contributed by atoms with E-state index in [2.05, 4.69) is 25.3 Å². The van der Waals surface area contributed by atoms with E-state index in [9.17, 15) is 14.4 Å². The van der Waals surface area contributed by atoms with E-state index in [1.807, 2.05) is 30.3 Å². The maximum atomic E-state index is 12.5. The molecule has 0 atom stereocenters. The first-order valence-corrected chi connectivity index (χ1v) is 9.79. The Morgan fingerprint density at radius 1 is 1.12 bits per heavy atom. The standard InChI is InChI=1S/C22H19N5O5/c1-31-22(30)15-8-5-9-16(12-15)23-18(28)13-27-19(29)11-10-17(25-27)21-24-20(26-32-21)14-6-3-2-4-7-14/h2-9,12H,10-11,13H2,1H3,(H,23,28). The summed E-state index contributed by atoms with van der Waals surface area (Å²) in [7, 11) is 1.28. The van der Waals surface area contributed by atoms with E-state index in [0.717, 1.165) is 10.6 Å². The summed E-state index contributed by atoms with van der Waals surface area (Å²) >= 11 is 0. The Labute approximate surface area is 182 Å². The Bertz CT molecular complexity index is 1190. The molecular weight excluding hydrogens is 414 g/mol. The molecule has 10 heteroatoms. The number of ether oxygens (including phenoxy) is 1. The van der Waals surface area contributed by atoms with Gasteiger partial charge in [0.25, 0.3) is 5.89 Å². The molecule has 2 heterocycles. The van der Waals surface area contributed by atoms with E-state index in [-0.39, 0.29) is 24.8 Å². The first-order valence-electron chi connectivity index (χ1n) is 9.79. The fourth-order valence-electron chi connectivity index (χ4n) is 3.10. The molecule has 0 saturated heterocycles. The number of hydrogen-bond donors (Lipinski definition) is 1. The molecule has 162 valence electrons. The predicted molar refractivity (Wildman–Crippen MR) is 114 cm³/mol. The van der Waals surface area contributed by atoms with Crippen molar-refractivity contribution in [1.29, 1.82) is 0 Å². The van der Waals surface area contributed by atoms with Crippen molar-refractivity contribution in [2.75, 3.05) is 19.0 Å². The monoisotopic (exact) mass is 433 g/mol. The SMILES string of the molecule is COC(=O)c1cccc(NC(=O)CN2N=C(c3nc(-c4ccccc4)no3)CCC2=O)c1. The number of carbonyl (C=O) groups is 3. The highest BCUT2D eigenvalue weighted by Gasteiger charge is 2.26. The smallest absolute Gasteiger partial charge is 0.337 e. The number of aromatic nitrogens is 2. The zero-order chi connectivity index (χ0) is 22.5. The largest absolute Gasteiger partial charge is 0.465 e. The summed E-state index contributed by atoms with van der Waals surface area (Å²) in [6.07, 6.45) is 0.488. The lowest BCUT2D eigenvalue weighted by Gasteiger charge is -2.21. The van der Waals surface area contributed by atoms with Gasteiger partial charge in [0.15, 0.2) is 0 Å². The van der Waals surface area contributed by atoms with Gasteiger partial charge in [-0.25, -0.2) is 9.80 Å². The van der Waals surface area contributed by atoms with E-state index < -0.39 is 11.9 Å². The van der Waals surface area contributed by atoms with Crippen LogP contribution in [0.3, 0.4) is 0 Å². The Hall–Kier alpha value is -4.34. The van der Waals surface area contributed by atoms with Crippen LogP contribution in [0.4, 0.5) is 5.69 Å². The number of carbonyl (C=O) groups excluding carboxylic acids is 3. The molecule has 1 aliphatic rings. The van der Waals surface area contributed by atoms with Crippen molar-refractivity contribution in [3.05, 3.63) is 66.1 Å². The minimum Gasteiger partial charge on any atom is -0.465 e. The number of methoxy groups -OCH3 is 1. The number of hydrogen-bond acceptors (Lipinski definition) is 8. The van der Waals surface area contributed by atoms with E-state index in [4.69, 9.17) is 4.52 Å². The van der Waals surface area contributed by atoms with Gasteiger partial charge in [-0.15, -0.1) is 0 Å².